The summed E-state index contributed by atoms with van der Waals surface area (Å²) in [5, 5.41) is 2.50. The lowest BCUT2D eigenvalue weighted by atomic mass is 10.1. The molecule has 1 N–H and O–H groups in total. The van der Waals surface area contributed by atoms with Gasteiger partial charge in [0.1, 0.15) is 11.6 Å². The first kappa shape index (κ1) is 12.0. The van der Waals surface area contributed by atoms with Gasteiger partial charge in [-0.05, 0) is 12.3 Å². The van der Waals surface area contributed by atoms with Crippen molar-refractivity contribution in [3.63, 3.8) is 0 Å². The van der Waals surface area contributed by atoms with E-state index < -0.39 is 17.7 Å². The molecule has 1 aromatic carbocycles. The van der Waals surface area contributed by atoms with Crippen LogP contribution < -0.4 is 5.32 Å². The maximum absolute atomic E-state index is 13.3. The third-order valence-corrected chi connectivity index (χ3v) is 2.61. The first-order valence-electron chi connectivity index (χ1n) is 4.32. The Bertz CT molecular complexity index is 346. The van der Waals surface area contributed by atoms with Crippen LogP contribution in [0.25, 0.3) is 0 Å². The minimum Gasteiger partial charge on any atom is -0.351 e. The summed E-state index contributed by atoms with van der Waals surface area (Å²) in [4.78, 5) is 10.3. The van der Waals surface area contributed by atoms with Gasteiger partial charge in [0.15, 0.2) is 0 Å². The van der Waals surface area contributed by atoms with Crippen molar-refractivity contribution in [3.8, 4) is 0 Å². The lowest BCUT2D eigenvalue weighted by Crippen LogP contribution is -2.22. The summed E-state index contributed by atoms with van der Waals surface area (Å²) < 4.78 is 26.0. The highest BCUT2D eigenvalue weighted by Crippen LogP contribution is 2.20. The van der Waals surface area contributed by atoms with Crippen molar-refractivity contribution in [2.75, 3.05) is 12.0 Å². The maximum atomic E-state index is 13.3. The zero-order valence-corrected chi connectivity index (χ0v) is 8.98. The first-order valence-corrected chi connectivity index (χ1v) is 5.72. The van der Waals surface area contributed by atoms with Gasteiger partial charge in [0.25, 0.3) is 0 Å². The van der Waals surface area contributed by atoms with Crippen LogP contribution in [0.3, 0.4) is 0 Å². The van der Waals surface area contributed by atoms with E-state index in [0.717, 1.165) is 6.07 Å². The molecule has 2 nitrogen and oxygen atoms in total. The summed E-state index contributed by atoms with van der Waals surface area (Å²) in [6, 6.07) is 2.92. The Balaban J connectivity index is 2.94. The van der Waals surface area contributed by atoms with Gasteiger partial charge < -0.3 is 5.32 Å². The molecule has 0 aliphatic rings. The molecule has 1 aromatic rings. The summed E-state index contributed by atoms with van der Waals surface area (Å²) >= 11 is 1.48. The molecule has 0 fully saturated rings. The highest BCUT2D eigenvalue weighted by molar-refractivity contribution is 7.98. The highest BCUT2D eigenvalue weighted by atomic mass is 32.2. The van der Waals surface area contributed by atoms with E-state index in [0.29, 0.717) is 17.7 Å². The standard InChI is InChI=1S/C10H11F2NOS/c1-15-5-10(13-6-14)8-3-2-7(11)4-9(8)12/h2-4,6,10H,5H2,1H3,(H,13,14). The molecule has 1 amide bonds. The Kier molecular flexibility index (Phi) is 4.55. The summed E-state index contributed by atoms with van der Waals surface area (Å²) in [5.41, 5.74) is 0.304. The first-order chi connectivity index (χ1) is 7.19. The average Bonchev–Trinajstić information content (AvgIpc) is 2.17. The summed E-state index contributed by atoms with van der Waals surface area (Å²) in [7, 11) is 0. The van der Waals surface area contributed by atoms with Gasteiger partial charge in [0.05, 0.1) is 6.04 Å². The summed E-state index contributed by atoms with van der Waals surface area (Å²) in [6.07, 6.45) is 2.37. The van der Waals surface area contributed by atoms with Crippen LogP contribution in [-0.4, -0.2) is 18.4 Å². The molecule has 1 atom stereocenters. The molecule has 0 saturated heterocycles. The van der Waals surface area contributed by atoms with E-state index in [9.17, 15) is 13.6 Å². The van der Waals surface area contributed by atoms with E-state index >= 15 is 0 Å². The molecule has 15 heavy (non-hydrogen) atoms. The van der Waals surface area contributed by atoms with E-state index in [1.165, 1.54) is 23.9 Å². The van der Waals surface area contributed by atoms with Crippen LogP contribution in [0.15, 0.2) is 18.2 Å². The van der Waals surface area contributed by atoms with Gasteiger partial charge in [-0.2, -0.15) is 11.8 Å². The van der Waals surface area contributed by atoms with E-state index in [1.54, 1.807) is 0 Å². The Hall–Kier alpha value is -1.10. The molecule has 0 aromatic heterocycles. The van der Waals surface area contributed by atoms with Gasteiger partial charge in [-0.1, -0.05) is 6.07 Å². The average molecular weight is 231 g/mol. The Labute approximate surface area is 91.1 Å². The minimum absolute atomic E-state index is 0.304. The molecule has 82 valence electrons. The molecule has 5 heteroatoms. The number of carbonyl (C=O) groups is 1. The van der Waals surface area contributed by atoms with Crippen LogP contribution in [0, 0.1) is 11.6 Å². The van der Waals surface area contributed by atoms with E-state index in [1.807, 2.05) is 6.26 Å². The molecular formula is C10H11F2NOS. The van der Waals surface area contributed by atoms with Crippen molar-refractivity contribution in [2.24, 2.45) is 0 Å². The molecule has 0 bridgehead atoms. The lowest BCUT2D eigenvalue weighted by Gasteiger charge is -2.15. The Morgan fingerprint density at radius 3 is 2.80 bits per heavy atom. The predicted molar refractivity (Wildman–Crippen MR) is 56.7 cm³/mol. The van der Waals surface area contributed by atoms with Crippen molar-refractivity contribution in [3.05, 3.63) is 35.4 Å². The van der Waals surface area contributed by atoms with Gasteiger partial charge in [0.2, 0.25) is 6.41 Å². The number of hydrogen-bond donors (Lipinski definition) is 1. The second-order valence-corrected chi connectivity index (χ2v) is 3.87. The molecule has 0 radical (unpaired) electrons. The van der Waals surface area contributed by atoms with Crippen LogP contribution in [0.5, 0.6) is 0 Å². The number of halogens is 2. The zero-order valence-electron chi connectivity index (χ0n) is 8.17. The van der Waals surface area contributed by atoms with Gasteiger partial charge in [-0.25, -0.2) is 8.78 Å². The monoisotopic (exact) mass is 231 g/mol. The molecule has 0 aliphatic carbocycles. The number of benzene rings is 1. The zero-order chi connectivity index (χ0) is 11.3. The van der Waals surface area contributed by atoms with Crippen LogP contribution in [0.2, 0.25) is 0 Å². The normalized spacial score (nSPS) is 12.2. The number of nitrogens with one attached hydrogen (secondary N) is 1. The van der Waals surface area contributed by atoms with Crippen molar-refractivity contribution in [1.29, 1.82) is 0 Å². The topological polar surface area (TPSA) is 29.1 Å². The molecule has 1 rings (SSSR count). The molecule has 0 saturated carbocycles. The van der Waals surface area contributed by atoms with E-state index in [4.69, 9.17) is 0 Å². The number of hydrogen-bond acceptors (Lipinski definition) is 2. The quantitative estimate of drug-likeness (QED) is 0.786. The molecular weight excluding hydrogens is 220 g/mol. The van der Waals surface area contributed by atoms with Crippen LogP contribution in [-0.2, 0) is 4.79 Å². The third kappa shape index (κ3) is 3.20. The molecule has 0 aliphatic heterocycles. The van der Waals surface area contributed by atoms with Crippen molar-refractivity contribution in [2.45, 2.75) is 6.04 Å². The van der Waals surface area contributed by atoms with Crippen LogP contribution >= 0.6 is 11.8 Å². The number of carbonyl (C=O) groups excluding carboxylic acids is 1. The minimum atomic E-state index is -0.636. The molecule has 0 heterocycles. The Morgan fingerprint density at radius 2 is 2.27 bits per heavy atom. The smallest absolute Gasteiger partial charge is 0.207 e. The number of thioether (sulfide) groups is 1. The SMILES string of the molecule is CSCC(NC=O)c1ccc(F)cc1F. The fourth-order valence-corrected chi connectivity index (χ4v) is 1.87. The maximum Gasteiger partial charge on any atom is 0.207 e. The summed E-state index contributed by atoms with van der Waals surface area (Å²) in [5.74, 6) is -0.713. The van der Waals surface area contributed by atoms with Crippen molar-refractivity contribution in [1.82, 2.24) is 5.32 Å². The van der Waals surface area contributed by atoms with Crippen LogP contribution in [0.4, 0.5) is 8.78 Å². The fraction of sp³-hybridized carbons (Fsp3) is 0.300. The third-order valence-electron chi connectivity index (χ3n) is 1.94. The Morgan fingerprint density at radius 1 is 1.53 bits per heavy atom. The second-order valence-electron chi connectivity index (χ2n) is 2.96. The number of amides is 1. The molecule has 0 spiro atoms. The van der Waals surface area contributed by atoms with Gasteiger partial charge >= 0.3 is 0 Å². The predicted octanol–water partition coefficient (Wildman–Crippen LogP) is 2.11. The highest BCUT2D eigenvalue weighted by Gasteiger charge is 2.14. The summed E-state index contributed by atoms with van der Waals surface area (Å²) in [6.45, 7) is 0. The van der Waals surface area contributed by atoms with E-state index in [2.05, 4.69) is 5.32 Å². The van der Waals surface area contributed by atoms with Gasteiger partial charge in [-0.15, -0.1) is 0 Å². The second kappa shape index (κ2) is 5.70. The van der Waals surface area contributed by atoms with Crippen molar-refractivity contribution < 1.29 is 13.6 Å². The van der Waals surface area contributed by atoms with Crippen molar-refractivity contribution >= 4 is 18.2 Å². The van der Waals surface area contributed by atoms with Crippen LogP contribution in [0.1, 0.15) is 11.6 Å². The number of rotatable bonds is 5. The van der Waals surface area contributed by atoms with Gasteiger partial charge in [0, 0.05) is 17.4 Å². The largest absolute Gasteiger partial charge is 0.351 e. The van der Waals surface area contributed by atoms with E-state index in [-0.39, 0.29) is 0 Å². The van der Waals surface area contributed by atoms with Gasteiger partial charge in [-0.3, -0.25) is 4.79 Å². The molecule has 1 unspecified atom stereocenters. The lowest BCUT2D eigenvalue weighted by molar-refractivity contribution is -0.110. The fourth-order valence-electron chi connectivity index (χ4n) is 1.26.